The van der Waals surface area contributed by atoms with Crippen molar-refractivity contribution in [3.05, 3.63) is 46.5 Å². The van der Waals surface area contributed by atoms with Gasteiger partial charge >= 0.3 is 5.69 Å². The van der Waals surface area contributed by atoms with Gasteiger partial charge in [0.05, 0.1) is 4.92 Å². The van der Waals surface area contributed by atoms with E-state index in [0.29, 0.717) is 6.54 Å². The fraction of sp³-hybridized carbons (Fsp3) is 0.167. The Kier molecular flexibility index (Phi) is 4.46. The number of nitrogens with one attached hydrogen (secondary N) is 1. The van der Waals surface area contributed by atoms with Crippen LogP contribution < -0.4 is 5.32 Å². The minimum Gasteiger partial charge on any atom is -0.364 e. The summed E-state index contributed by atoms with van der Waals surface area (Å²) in [5, 5.41) is 14.1. The Labute approximate surface area is 118 Å². The van der Waals surface area contributed by atoms with Crippen LogP contribution in [0, 0.1) is 15.9 Å². The van der Waals surface area contributed by atoms with Gasteiger partial charge in [-0.15, -0.1) is 0 Å². The quantitative estimate of drug-likeness (QED) is 0.518. The van der Waals surface area contributed by atoms with Crippen LogP contribution in [0.4, 0.5) is 15.9 Å². The van der Waals surface area contributed by atoms with E-state index in [0.717, 1.165) is 11.8 Å². The predicted octanol–water partition coefficient (Wildman–Crippen LogP) is 3.11. The Morgan fingerprint density at radius 2 is 2.15 bits per heavy atom. The number of nitro groups is 1. The molecule has 0 radical (unpaired) electrons. The summed E-state index contributed by atoms with van der Waals surface area (Å²) in [6.07, 6.45) is 1.22. The topological polar surface area (TPSA) is 81.0 Å². The number of aromatic nitrogens is 2. The van der Waals surface area contributed by atoms with Crippen molar-refractivity contribution in [1.29, 1.82) is 0 Å². The average Bonchev–Trinajstić information content (AvgIpc) is 2.41. The minimum atomic E-state index is -0.568. The summed E-state index contributed by atoms with van der Waals surface area (Å²) in [6.45, 7) is 2.29. The van der Waals surface area contributed by atoms with Gasteiger partial charge in [0.1, 0.15) is 12.1 Å². The molecule has 0 unspecified atom stereocenters. The maximum atomic E-state index is 13.6. The van der Waals surface area contributed by atoms with E-state index in [1.165, 1.54) is 12.4 Å². The third-order valence-corrected chi connectivity index (χ3v) is 3.40. The SMILES string of the molecule is CCNc1ncnc(Sc2ccccc2F)c1[N+](=O)[O-]. The van der Waals surface area contributed by atoms with Gasteiger partial charge in [-0.25, -0.2) is 14.4 Å². The number of hydrogen-bond acceptors (Lipinski definition) is 6. The molecular weight excluding hydrogens is 283 g/mol. The summed E-state index contributed by atoms with van der Waals surface area (Å²) in [5.41, 5.74) is -0.248. The molecule has 0 aliphatic heterocycles. The van der Waals surface area contributed by atoms with Crippen LogP contribution in [-0.2, 0) is 0 Å². The first-order valence-electron chi connectivity index (χ1n) is 5.79. The maximum Gasteiger partial charge on any atom is 0.343 e. The third-order valence-electron chi connectivity index (χ3n) is 2.36. The number of halogens is 1. The van der Waals surface area contributed by atoms with E-state index in [2.05, 4.69) is 15.3 Å². The van der Waals surface area contributed by atoms with Crippen LogP contribution in [0.25, 0.3) is 0 Å². The van der Waals surface area contributed by atoms with Crippen molar-refractivity contribution in [2.45, 2.75) is 16.8 Å². The molecule has 0 saturated heterocycles. The van der Waals surface area contributed by atoms with Crippen molar-refractivity contribution >= 4 is 23.3 Å². The highest BCUT2D eigenvalue weighted by Gasteiger charge is 2.23. The van der Waals surface area contributed by atoms with Gasteiger partial charge in [-0.05, 0) is 19.1 Å². The van der Waals surface area contributed by atoms with E-state index in [-0.39, 0.29) is 21.4 Å². The van der Waals surface area contributed by atoms with Gasteiger partial charge in [0.15, 0.2) is 5.03 Å². The van der Waals surface area contributed by atoms with Crippen LogP contribution in [0.2, 0.25) is 0 Å². The molecule has 0 amide bonds. The largest absolute Gasteiger partial charge is 0.364 e. The van der Waals surface area contributed by atoms with E-state index >= 15 is 0 Å². The van der Waals surface area contributed by atoms with Gasteiger partial charge in [0.25, 0.3) is 0 Å². The van der Waals surface area contributed by atoms with Crippen molar-refractivity contribution in [3.63, 3.8) is 0 Å². The number of benzene rings is 1. The molecule has 0 bridgehead atoms. The molecule has 1 N–H and O–H groups in total. The molecule has 104 valence electrons. The lowest BCUT2D eigenvalue weighted by Crippen LogP contribution is -2.05. The zero-order chi connectivity index (χ0) is 14.5. The monoisotopic (exact) mass is 294 g/mol. The zero-order valence-electron chi connectivity index (χ0n) is 10.5. The van der Waals surface area contributed by atoms with Gasteiger partial charge in [-0.3, -0.25) is 10.1 Å². The Bertz CT molecular complexity index is 639. The molecule has 2 rings (SSSR count). The van der Waals surface area contributed by atoms with Crippen LogP contribution in [0.3, 0.4) is 0 Å². The fourth-order valence-electron chi connectivity index (χ4n) is 1.53. The summed E-state index contributed by atoms with van der Waals surface area (Å²) in [5.74, 6) is -0.318. The first-order valence-corrected chi connectivity index (χ1v) is 6.60. The smallest absolute Gasteiger partial charge is 0.343 e. The first kappa shape index (κ1) is 14.2. The summed E-state index contributed by atoms with van der Waals surface area (Å²) in [4.78, 5) is 18.6. The second kappa shape index (κ2) is 6.29. The van der Waals surface area contributed by atoms with Crippen LogP contribution in [0.15, 0.2) is 40.5 Å². The first-order chi connectivity index (χ1) is 9.63. The summed E-state index contributed by atoms with van der Waals surface area (Å²) in [6, 6.07) is 6.04. The summed E-state index contributed by atoms with van der Waals surface area (Å²) < 4.78 is 13.6. The molecule has 0 fully saturated rings. The predicted molar refractivity (Wildman–Crippen MR) is 73.4 cm³/mol. The molecule has 0 aliphatic carbocycles. The highest BCUT2D eigenvalue weighted by atomic mass is 32.2. The van der Waals surface area contributed by atoms with Crippen molar-refractivity contribution < 1.29 is 9.31 Å². The minimum absolute atomic E-state index is 0.103. The van der Waals surface area contributed by atoms with E-state index in [4.69, 9.17) is 0 Å². The molecule has 6 nitrogen and oxygen atoms in total. The Hall–Kier alpha value is -2.22. The lowest BCUT2D eigenvalue weighted by molar-refractivity contribution is -0.387. The molecule has 0 spiro atoms. The molecule has 2 aromatic rings. The van der Waals surface area contributed by atoms with Crippen LogP contribution in [0.5, 0.6) is 0 Å². The lowest BCUT2D eigenvalue weighted by atomic mass is 10.3. The summed E-state index contributed by atoms with van der Waals surface area (Å²) >= 11 is 0.901. The Morgan fingerprint density at radius 1 is 1.40 bits per heavy atom. The maximum absolute atomic E-state index is 13.6. The molecule has 0 saturated carbocycles. The van der Waals surface area contributed by atoms with Gasteiger partial charge in [-0.1, -0.05) is 23.9 Å². The molecular formula is C12H11FN4O2S. The average molecular weight is 294 g/mol. The van der Waals surface area contributed by atoms with Crippen molar-refractivity contribution in [2.24, 2.45) is 0 Å². The van der Waals surface area contributed by atoms with Gasteiger partial charge < -0.3 is 5.32 Å². The Morgan fingerprint density at radius 3 is 2.80 bits per heavy atom. The molecule has 1 aromatic carbocycles. The molecule has 1 heterocycles. The lowest BCUT2D eigenvalue weighted by Gasteiger charge is -2.07. The van der Waals surface area contributed by atoms with Gasteiger partial charge in [0.2, 0.25) is 5.82 Å². The highest BCUT2D eigenvalue weighted by Crippen LogP contribution is 2.37. The molecule has 0 aliphatic rings. The second-order valence-electron chi connectivity index (χ2n) is 3.70. The normalized spacial score (nSPS) is 10.3. The Balaban J connectivity index is 2.44. The number of anilines is 1. The zero-order valence-corrected chi connectivity index (χ0v) is 11.4. The molecule has 1 aromatic heterocycles. The van der Waals surface area contributed by atoms with E-state index in [1.54, 1.807) is 25.1 Å². The molecule has 8 heteroatoms. The van der Waals surface area contributed by atoms with Gasteiger partial charge in [0, 0.05) is 11.4 Å². The summed E-state index contributed by atoms with van der Waals surface area (Å²) in [7, 11) is 0. The van der Waals surface area contributed by atoms with Crippen LogP contribution in [-0.4, -0.2) is 21.4 Å². The van der Waals surface area contributed by atoms with Crippen LogP contribution >= 0.6 is 11.8 Å². The number of hydrogen-bond donors (Lipinski definition) is 1. The number of rotatable bonds is 5. The second-order valence-corrected chi connectivity index (χ2v) is 4.73. The fourth-order valence-corrected chi connectivity index (χ4v) is 2.42. The van der Waals surface area contributed by atoms with E-state index in [9.17, 15) is 14.5 Å². The van der Waals surface area contributed by atoms with Crippen molar-refractivity contribution in [3.8, 4) is 0 Å². The van der Waals surface area contributed by atoms with E-state index < -0.39 is 10.7 Å². The molecule has 0 atom stereocenters. The number of nitrogens with zero attached hydrogens (tertiary/aromatic N) is 3. The van der Waals surface area contributed by atoms with Crippen LogP contribution in [0.1, 0.15) is 6.92 Å². The van der Waals surface area contributed by atoms with Crippen molar-refractivity contribution in [1.82, 2.24) is 9.97 Å². The standard InChI is InChI=1S/C12H11FN4O2S/c1-2-14-11-10(17(18)19)12(16-7-15-11)20-9-6-4-3-5-8(9)13/h3-7H,2H2,1H3,(H,14,15,16). The molecule has 20 heavy (non-hydrogen) atoms. The van der Waals surface area contributed by atoms with Gasteiger partial charge in [-0.2, -0.15) is 0 Å². The third kappa shape index (κ3) is 3.02. The van der Waals surface area contributed by atoms with E-state index in [1.807, 2.05) is 0 Å². The van der Waals surface area contributed by atoms with Crippen molar-refractivity contribution in [2.75, 3.05) is 11.9 Å². The highest BCUT2D eigenvalue weighted by molar-refractivity contribution is 7.99.